The Morgan fingerprint density at radius 1 is 0.893 bits per heavy atom. The molecule has 0 aliphatic carbocycles. The molecule has 0 heterocycles. The van der Waals surface area contributed by atoms with Crippen molar-refractivity contribution in [3.8, 4) is 0 Å². The van der Waals surface area contributed by atoms with Crippen molar-refractivity contribution in [2.45, 2.75) is 52.0 Å². The van der Waals surface area contributed by atoms with Gasteiger partial charge in [0.1, 0.15) is 25.0 Å². The highest BCUT2D eigenvalue weighted by molar-refractivity contribution is 8.93. The fraction of sp³-hybridized carbons (Fsp3) is 0.643. The highest BCUT2D eigenvalue weighted by Gasteiger charge is 2.41. The molecule has 0 radical (unpaired) electrons. The first-order chi connectivity index (χ1) is 12.6. The van der Waals surface area contributed by atoms with E-state index in [0.29, 0.717) is 0 Å². The van der Waals surface area contributed by atoms with Crippen molar-refractivity contribution in [1.29, 1.82) is 0 Å². The van der Waals surface area contributed by atoms with E-state index in [-0.39, 0.29) is 23.3 Å². The minimum Gasteiger partial charge on any atom is -0.388 e. The van der Waals surface area contributed by atoms with E-state index in [4.69, 9.17) is 9.78 Å². The molecule has 2 N–H and O–H groups in total. The Morgan fingerprint density at radius 3 is 1.75 bits per heavy atom. The Bertz CT molecular complexity index is 542. The lowest BCUT2D eigenvalue weighted by Gasteiger charge is -2.30. The van der Waals surface area contributed by atoms with Crippen LogP contribution in [0.1, 0.15) is 27.7 Å². The Morgan fingerprint density at radius 2 is 1.36 bits per heavy atom. The Kier molecular flexibility index (Phi) is 14.9. The predicted octanol–water partition coefficient (Wildman–Crippen LogP) is -1.15. The molecule has 28 heavy (non-hydrogen) atoms. The SMILES string of the molecule is Br.CC(=O)N[C@@H](C=O)[C@@H](OOC(C)=O)[C@H](OOC(C)=O)[C@H](O)COOC(C)=O. The molecule has 0 aliphatic rings. The van der Waals surface area contributed by atoms with Crippen LogP contribution in [0.15, 0.2) is 0 Å². The number of aliphatic hydroxyl groups excluding tert-OH is 1. The molecule has 162 valence electrons. The number of amides is 1. The van der Waals surface area contributed by atoms with Gasteiger partial charge in [0.15, 0.2) is 12.2 Å². The summed E-state index contributed by atoms with van der Waals surface area (Å²) >= 11 is 0. The quantitative estimate of drug-likeness (QED) is 0.197. The number of hydrogen-bond acceptors (Lipinski definition) is 12. The highest BCUT2D eigenvalue weighted by Crippen LogP contribution is 2.15. The minimum absolute atomic E-state index is 0. The second-order valence-electron chi connectivity index (χ2n) is 5.06. The van der Waals surface area contributed by atoms with Gasteiger partial charge in [0.05, 0.1) is 0 Å². The lowest BCUT2D eigenvalue weighted by Crippen LogP contribution is -2.55. The third-order valence-corrected chi connectivity index (χ3v) is 2.54. The molecule has 0 saturated heterocycles. The zero-order valence-electron chi connectivity index (χ0n) is 15.4. The van der Waals surface area contributed by atoms with Crippen molar-refractivity contribution < 1.29 is 58.4 Å². The molecule has 0 fully saturated rings. The van der Waals surface area contributed by atoms with Crippen molar-refractivity contribution in [2.24, 2.45) is 0 Å². The Hall–Kier alpha value is -2.13. The molecule has 0 aromatic heterocycles. The molecule has 0 spiro atoms. The summed E-state index contributed by atoms with van der Waals surface area (Å²) < 4.78 is 0. The second-order valence-corrected chi connectivity index (χ2v) is 5.06. The van der Waals surface area contributed by atoms with Crippen LogP contribution in [0.5, 0.6) is 0 Å². The molecule has 0 saturated carbocycles. The lowest BCUT2D eigenvalue weighted by molar-refractivity contribution is -0.378. The average molecular weight is 476 g/mol. The van der Waals surface area contributed by atoms with E-state index in [9.17, 15) is 29.1 Å². The number of aliphatic hydroxyl groups is 1. The third-order valence-electron chi connectivity index (χ3n) is 2.54. The molecule has 0 bridgehead atoms. The normalized spacial score (nSPS) is 14.3. The number of hydrogen-bond donors (Lipinski definition) is 2. The predicted molar refractivity (Wildman–Crippen MR) is 91.0 cm³/mol. The smallest absolute Gasteiger partial charge is 0.339 e. The van der Waals surface area contributed by atoms with Gasteiger partial charge in [-0.05, 0) is 0 Å². The molecular formula is C14H22BrNO12. The number of carbonyl (C=O) groups is 5. The summed E-state index contributed by atoms with van der Waals surface area (Å²) in [5.74, 6) is -3.34. The summed E-state index contributed by atoms with van der Waals surface area (Å²) in [5, 5.41) is 12.3. The summed E-state index contributed by atoms with van der Waals surface area (Å²) in [4.78, 5) is 82.1. The molecule has 13 nitrogen and oxygen atoms in total. The molecule has 4 atom stereocenters. The van der Waals surface area contributed by atoms with E-state index in [1.165, 1.54) is 0 Å². The van der Waals surface area contributed by atoms with E-state index in [2.05, 4.69) is 24.9 Å². The zero-order chi connectivity index (χ0) is 21.0. The summed E-state index contributed by atoms with van der Waals surface area (Å²) in [6, 6.07) is -1.49. The van der Waals surface area contributed by atoms with Crippen molar-refractivity contribution >= 4 is 47.1 Å². The number of halogens is 1. The zero-order valence-corrected chi connectivity index (χ0v) is 17.2. The van der Waals surface area contributed by atoms with Crippen LogP contribution in [0.3, 0.4) is 0 Å². The first-order valence-electron chi connectivity index (χ1n) is 7.46. The van der Waals surface area contributed by atoms with Gasteiger partial charge in [0.25, 0.3) is 0 Å². The van der Waals surface area contributed by atoms with Crippen molar-refractivity contribution in [2.75, 3.05) is 6.61 Å². The first-order valence-corrected chi connectivity index (χ1v) is 7.46. The maximum atomic E-state index is 11.3. The van der Waals surface area contributed by atoms with Crippen LogP contribution >= 0.6 is 17.0 Å². The summed E-state index contributed by atoms with van der Waals surface area (Å²) in [6.45, 7) is 3.36. The maximum Gasteiger partial charge on any atom is 0.339 e. The van der Waals surface area contributed by atoms with Crippen LogP contribution < -0.4 is 5.32 Å². The molecule has 0 aromatic rings. The molecule has 0 rings (SSSR count). The van der Waals surface area contributed by atoms with E-state index in [0.717, 1.165) is 27.7 Å². The Labute approximate surface area is 170 Å². The second kappa shape index (κ2) is 14.9. The molecule has 0 aromatic carbocycles. The van der Waals surface area contributed by atoms with E-state index < -0.39 is 54.8 Å². The molecule has 0 unspecified atom stereocenters. The van der Waals surface area contributed by atoms with Gasteiger partial charge in [-0.1, -0.05) is 0 Å². The lowest BCUT2D eigenvalue weighted by atomic mass is 10.0. The number of rotatable bonds is 12. The van der Waals surface area contributed by atoms with Gasteiger partial charge in [-0.2, -0.15) is 14.7 Å². The van der Waals surface area contributed by atoms with Gasteiger partial charge >= 0.3 is 17.9 Å². The summed E-state index contributed by atoms with van der Waals surface area (Å²) in [6.07, 6.45) is -4.92. The standard InChI is InChI=1S/C14H21NO12.BrH/c1-7(17)15-11(5-16)13(26-24-9(3)19)14(27-25-10(4)20)12(21)6-22-23-8(2)18;/h5,11-14,21H,6H2,1-4H3,(H,15,17);1H/t11-,12+,13+,14+;/m0./s1. The van der Waals surface area contributed by atoms with Crippen LogP contribution in [-0.4, -0.2) is 66.2 Å². The highest BCUT2D eigenvalue weighted by atomic mass is 79.9. The molecule has 0 aliphatic heterocycles. The van der Waals surface area contributed by atoms with Gasteiger partial charge in [-0.15, -0.1) is 17.0 Å². The van der Waals surface area contributed by atoms with Crippen molar-refractivity contribution in [1.82, 2.24) is 5.32 Å². The van der Waals surface area contributed by atoms with Crippen molar-refractivity contribution in [3.63, 3.8) is 0 Å². The average Bonchev–Trinajstić information content (AvgIpc) is 2.54. The van der Waals surface area contributed by atoms with E-state index in [1.54, 1.807) is 0 Å². The van der Waals surface area contributed by atoms with Gasteiger partial charge in [0.2, 0.25) is 5.91 Å². The van der Waals surface area contributed by atoms with Gasteiger partial charge in [0, 0.05) is 27.7 Å². The number of carbonyl (C=O) groups excluding carboxylic acids is 5. The summed E-state index contributed by atoms with van der Waals surface area (Å²) in [5.41, 5.74) is 0. The fourth-order valence-corrected chi connectivity index (χ4v) is 1.61. The van der Waals surface area contributed by atoms with Crippen LogP contribution in [0, 0.1) is 0 Å². The molecular weight excluding hydrogens is 454 g/mol. The first kappa shape index (κ1) is 28.1. The monoisotopic (exact) mass is 475 g/mol. The summed E-state index contributed by atoms with van der Waals surface area (Å²) in [7, 11) is 0. The van der Waals surface area contributed by atoms with Crippen LogP contribution in [0.25, 0.3) is 0 Å². The minimum atomic E-state index is -1.74. The molecule has 1 amide bonds. The van der Waals surface area contributed by atoms with Crippen LogP contribution in [0.2, 0.25) is 0 Å². The fourth-order valence-electron chi connectivity index (χ4n) is 1.61. The topological polar surface area (TPSA) is 173 Å². The maximum absolute atomic E-state index is 11.3. The molecule has 14 heteroatoms. The number of aldehydes is 1. The largest absolute Gasteiger partial charge is 0.388 e. The van der Waals surface area contributed by atoms with E-state index >= 15 is 0 Å². The van der Waals surface area contributed by atoms with Gasteiger partial charge < -0.3 is 15.2 Å². The van der Waals surface area contributed by atoms with Crippen LogP contribution in [-0.2, 0) is 53.3 Å². The number of nitrogens with one attached hydrogen (secondary N) is 1. The van der Waals surface area contributed by atoms with Gasteiger partial charge in [-0.25, -0.2) is 14.4 Å². The van der Waals surface area contributed by atoms with Crippen molar-refractivity contribution in [3.05, 3.63) is 0 Å². The van der Waals surface area contributed by atoms with E-state index in [1.807, 2.05) is 0 Å². The Balaban J connectivity index is 0. The van der Waals surface area contributed by atoms with Crippen LogP contribution in [0.4, 0.5) is 0 Å². The third kappa shape index (κ3) is 12.3. The van der Waals surface area contributed by atoms with Gasteiger partial charge in [-0.3, -0.25) is 19.5 Å².